The van der Waals surface area contributed by atoms with Gasteiger partial charge in [-0.1, -0.05) is 42.5 Å². The van der Waals surface area contributed by atoms with E-state index in [1.807, 2.05) is 49.4 Å². The van der Waals surface area contributed by atoms with Gasteiger partial charge < -0.3 is 14.8 Å². The molecule has 0 heterocycles. The van der Waals surface area contributed by atoms with Crippen molar-refractivity contribution in [1.82, 2.24) is 5.32 Å². The Morgan fingerprint density at radius 3 is 2.61 bits per heavy atom. The van der Waals surface area contributed by atoms with Crippen LogP contribution in [0, 0.1) is 0 Å². The fourth-order valence-electron chi connectivity index (χ4n) is 2.39. The van der Waals surface area contributed by atoms with Gasteiger partial charge >= 0.3 is 5.97 Å². The molecule has 2 aromatic rings. The second-order valence-electron chi connectivity index (χ2n) is 5.20. The van der Waals surface area contributed by atoms with Crippen molar-refractivity contribution in [1.29, 1.82) is 0 Å². The average Bonchev–Trinajstić information content (AvgIpc) is 2.59. The summed E-state index contributed by atoms with van der Waals surface area (Å²) in [5.41, 5.74) is 2.18. The quantitative estimate of drug-likeness (QED) is 0.758. The van der Waals surface area contributed by atoms with Crippen molar-refractivity contribution < 1.29 is 14.3 Å². The molecule has 0 amide bonds. The first-order valence-corrected chi connectivity index (χ1v) is 7.79. The molecule has 0 spiro atoms. The zero-order valence-corrected chi connectivity index (χ0v) is 13.6. The molecule has 0 radical (unpaired) electrons. The molecule has 0 bridgehead atoms. The third-order valence-corrected chi connectivity index (χ3v) is 3.57. The van der Waals surface area contributed by atoms with E-state index in [9.17, 15) is 4.79 Å². The summed E-state index contributed by atoms with van der Waals surface area (Å²) in [6.07, 6.45) is 0.286. The highest BCUT2D eigenvalue weighted by Gasteiger charge is 2.17. The molecule has 1 atom stereocenters. The average molecular weight is 313 g/mol. The molecule has 0 saturated heterocycles. The van der Waals surface area contributed by atoms with Crippen LogP contribution in [-0.2, 0) is 16.1 Å². The molecule has 0 fully saturated rings. The highest BCUT2D eigenvalue weighted by Crippen LogP contribution is 2.22. The van der Waals surface area contributed by atoms with Gasteiger partial charge in [-0.15, -0.1) is 0 Å². The van der Waals surface area contributed by atoms with E-state index >= 15 is 0 Å². The van der Waals surface area contributed by atoms with E-state index in [-0.39, 0.29) is 18.4 Å². The summed E-state index contributed by atoms with van der Waals surface area (Å²) < 4.78 is 10.4. The van der Waals surface area contributed by atoms with Crippen molar-refractivity contribution in [3.05, 3.63) is 65.7 Å². The van der Waals surface area contributed by atoms with Crippen LogP contribution in [0.4, 0.5) is 0 Å². The molecule has 122 valence electrons. The molecule has 4 heteroatoms. The van der Waals surface area contributed by atoms with Gasteiger partial charge in [-0.3, -0.25) is 4.79 Å². The number of nitrogens with one attached hydrogen (secondary N) is 1. The van der Waals surface area contributed by atoms with Crippen LogP contribution in [0.3, 0.4) is 0 Å². The number of benzene rings is 2. The Morgan fingerprint density at radius 1 is 1.13 bits per heavy atom. The summed E-state index contributed by atoms with van der Waals surface area (Å²) in [6.45, 7) is 2.89. The molecule has 0 aliphatic carbocycles. The molecule has 2 aromatic carbocycles. The molecular formula is C19H23NO3. The first-order valence-electron chi connectivity index (χ1n) is 7.79. The van der Waals surface area contributed by atoms with Crippen LogP contribution in [0.15, 0.2) is 54.6 Å². The lowest BCUT2D eigenvalue weighted by Crippen LogP contribution is -2.24. The first-order chi connectivity index (χ1) is 11.2. The summed E-state index contributed by atoms with van der Waals surface area (Å²) in [5.74, 6) is 0.568. The molecular weight excluding hydrogens is 290 g/mol. The van der Waals surface area contributed by atoms with E-state index in [2.05, 4.69) is 17.4 Å². The fraction of sp³-hybridized carbons (Fsp3) is 0.316. The third kappa shape index (κ3) is 5.42. The zero-order valence-electron chi connectivity index (χ0n) is 13.6. The Labute approximate surface area is 137 Å². The van der Waals surface area contributed by atoms with E-state index in [0.29, 0.717) is 13.2 Å². The van der Waals surface area contributed by atoms with Gasteiger partial charge in [-0.2, -0.15) is 0 Å². The molecule has 2 rings (SSSR count). The number of carbonyl (C=O) groups excluding carboxylic acids is 1. The molecule has 0 saturated carbocycles. The number of hydrogen-bond donors (Lipinski definition) is 1. The van der Waals surface area contributed by atoms with Crippen molar-refractivity contribution in [3.8, 4) is 5.75 Å². The predicted molar refractivity (Wildman–Crippen MR) is 90.3 cm³/mol. The third-order valence-electron chi connectivity index (χ3n) is 3.57. The molecule has 0 aromatic heterocycles. The van der Waals surface area contributed by atoms with Crippen LogP contribution in [0.1, 0.15) is 30.5 Å². The topological polar surface area (TPSA) is 47.6 Å². The summed E-state index contributed by atoms with van der Waals surface area (Å²) in [7, 11) is 1.64. The summed E-state index contributed by atoms with van der Waals surface area (Å²) in [5, 5.41) is 3.44. The van der Waals surface area contributed by atoms with Crippen LogP contribution in [0.25, 0.3) is 0 Å². The van der Waals surface area contributed by atoms with Crippen LogP contribution in [0.2, 0.25) is 0 Å². The minimum Gasteiger partial charge on any atom is -0.497 e. The summed E-state index contributed by atoms with van der Waals surface area (Å²) in [4.78, 5) is 11.9. The SMILES string of the molecule is CCOC(=O)CC(NCc1ccccc1)c1cccc(OC)c1. The Morgan fingerprint density at radius 2 is 1.91 bits per heavy atom. The van der Waals surface area contributed by atoms with E-state index in [0.717, 1.165) is 11.3 Å². The Kier molecular flexibility index (Phi) is 6.63. The van der Waals surface area contributed by atoms with E-state index in [1.54, 1.807) is 7.11 Å². The van der Waals surface area contributed by atoms with E-state index in [4.69, 9.17) is 9.47 Å². The van der Waals surface area contributed by atoms with Gasteiger partial charge in [0.25, 0.3) is 0 Å². The predicted octanol–water partition coefficient (Wildman–Crippen LogP) is 3.48. The van der Waals surface area contributed by atoms with Crippen LogP contribution in [0.5, 0.6) is 5.75 Å². The molecule has 0 aliphatic rings. The van der Waals surface area contributed by atoms with Gasteiger partial charge in [0.05, 0.1) is 20.1 Å². The first kappa shape index (κ1) is 17.0. The maximum absolute atomic E-state index is 11.9. The molecule has 0 aliphatic heterocycles. The van der Waals surface area contributed by atoms with Gasteiger partial charge in [0.15, 0.2) is 0 Å². The van der Waals surface area contributed by atoms with Crippen molar-refractivity contribution in [2.24, 2.45) is 0 Å². The van der Waals surface area contributed by atoms with Gasteiger partial charge in [-0.05, 0) is 30.2 Å². The van der Waals surface area contributed by atoms with Crippen LogP contribution >= 0.6 is 0 Å². The molecule has 1 N–H and O–H groups in total. The highest BCUT2D eigenvalue weighted by atomic mass is 16.5. The Balaban J connectivity index is 2.11. The van der Waals surface area contributed by atoms with Crippen LogP contribution < -0.4 is 10.1 Å². The van der Waals surface area contributed by atoms with E-state index in [1.165, 1.54) is 5.56 Å². The minimum absolute atomic E-state index is 0.121. The van der Waals surface area contributed by atoms with Crippen molar-refractivity contribution in [3.63, 3.8) is 0 Å². The Hall–Kier alpha value is -2.33. The summed E-state index contributed by atoms with van der Waals surface area (Å²) in [6, 6.07) is 17.7. The monoisotopic (exact) mass is 313 g/mol. The Bertz CT molecular complexity index is 613. The van der Waals surface area contributed by atoms with Crippen molar-refractivity contribution in [2.75, 3.05) is 13.7 Å². The normalized spacial score (nSPS) is 11.7. The maximum Gasteiger partial charge on any atom is 0.307 e. The fourth-order valence-corrected chi connectivity index (χ4v) is 2.39. The number of carbonyl (C=O) groups is 1. The maximum atomic E-state index is 11.9. The number of rotatable bonds is 8. The van der Waals surface area contributed by atoms with Crippen molar-refractivity contribution in [2.45, 2.75) is 25.9 Å². The largest absolute Gasteiger partial charge is 0.497 e. The minimum atomic E-state index is -0.208. The van der Waals surface area contributed by atoms with Gasteiger partial charge in [0.1, 0.15) is 5.75 Å². The number of hydrogen-bond acceptors (Lipinski definition) is 4. The number of ether oxygens (including phenoxy) is 2. The van der Waals surface area contributed by atoms with E-state index < -0.39 is 0 Å². The van der Waals surface area contributed by atoms with Gasteiger partial charge in [0, 0.05) is 12.6 Å². The lowest BCUT2D eigenvalue weighted by molar-refractivity contribution is -0.143. The lowest BCUT2D eigenvalue weighted by atomic mass is 10.0. The number of esters is 1. The second kappa shape index (κ2) is 8.96. The highest BCUT2D eigenvalue weighted by molar-refractivity contribution is 5.70. The zero-order chi connectivity index (χ0) is 16.5. The second-order valence-corrected chi connectivity index (χ2v) is 5.20. The molecule has 4 nitrogen and oxygen atoms in total. The standard InChI is InChI=1S/C19H23NO3/c1-3-23-19(21)13-18(16-10-7-11-17(12-16)22-2)20-14-15-8-5-4-6-9-15/h4-12,18,20H,3,13-14H2,1-2H3. The smallest absolute Gasteiger partial charge is 0.307 e. The summed E-state index contributed by atoms with van der Waals surface area (Å²) >= 11 is 0. The van der Waals surface area contributed by atoms with Gasteiger partial charge in [-0.25, -0.2) is 0 Å². The molecule has 23 heavy (non-hydrogen) atoms. The number of methoxy groups -OCH3 is 1. The van der Waals surface area contributed by atoms with Gasteiger partial charge in [0.2, 0.25) is 0 Å². The molecule has 1 unspecified atom stereocenters. The van der Waals surface area contributed by atoms with Crippen molar-refractivity contribution >= 4 is 5.97 Å². The lowest BCUT2D eigenvalue weighted by Gasteiger charge is -2.19. The van der Waals surface area contributed by atoms with Crippen LogP contribution in [-0.4, -0.2) is 19.7 Å².